The number of halogens is 3. The van der Waals surface area contributed by atoms with Gasteiger partial charge in [0.05, 0.1) is 27.0 Å². The highest BCUT2D eigenvalue weighted by Crippen LogP contribution is 2.45. The van der Waals surface area contributed by atoms with Gasteiger partial charge in [0.15, 0.2) is 0 Å². The number of aromatic nitrogens is 2. The van der Waals surface area contributed by atoms with Crippen molar-refractivity contribution in [1.82, 2.24) is 9.55 Å². The molecule has 1 aromatic heterocycles. The maximum atomic E-state index is 6.16. The second-order valence-electron chi connectivity index (χ2n) is 5.18. The number of rotatable bonds is 3. The molecule has 0 amide bonds. The lowest BCUT2D eigenvalue weighted by molar-refractivity contribution is 0.138. The third-order valence-electron chi connectivity index (χ3n) is 4.30. The molecular weight excluding hydrogens is 303 g/mol. The van der Waals surface area contributed by atoms with Crippen molar-refractivity contribution < 1.29 is 0 Å². The van der Waals surface area contributed by atoms with E-state index in [4.69, 9.17) is 34.8 Å². The fourth-order valence-electron chi connectivity index (χ4n) is 3.06. The first kappa shape index (κ1) is 13.5. The Kier molecular flexibility index (Phi) is 3.45. The van der Waals surface area contributed by atoms with Crippen LogP contribution in [-0.2, 0) is 11.4 Å². The van der Waals surface area contributed by atoms with Crippen molar-refractivity contribution in [2.45, 2.75) is 44.0 Å². The summed E-state index contributed by atoms with van der Waals surface area (Å²) in [4.78, 5) is 4.62. The Labute approximate surface area is 127 Å². The molecule has 1 aliphatic rings. The van der Waals surface area contributed by atoms with Crippen LogP contribution in [0, 0.1) is 0 Å². The summed E-state index contributed by atoms with van der Waals surface area (Å²) in [5.74, 6) is 1.32. The molecule has 0 radical (unpaired) electrons. The highest BCUT2D eigenvalue weighted by Gasteiger charge is 2.39. The van der Waals surface area contributed by atoms with E-state index in [-0.39, 0.29) is 5.54 Å². The molecule has 0 saturated heterocycles. The van der Waals surface area contributed by atoms with Gasteiger partial charge in [0.25, 0.3) is 0 Å². The van der Waals surface area contributed by atoms with Gasteiger partial charge in [0.2, 0.25) is 0 Å². The molecule has 19 heavy (non-hydrogen) atoms. The minimum absolute atomic E-state index is 0.163. The summed E-state index contributed by atoms with van der Waals surface area (Å²) in [6, 6.07) is 3.74. The Morgan fingerprint density at radius 3 is 2.47 bits per heavy atom. The van der Waals surface area contributed by atoms with Crippen LogP contribution in [0.1, 0.15) is 38.4 Å². The first-order chi connectivity index (χ1) is 9.11. The number of imidazole rings is 1. The molecule has 0 atom stereocenters. The zero-order valence-electron chi connectivity index (χ0n) is 10.7. The zero-order chi connectivity index (χ0) is 13.6. The summed E-state index contributed by atoms with van der Waals surface area (Å²) in [5, 5.41) is 1.11. The zero-order valence-corrected chi connectivity index (χ0v) is 13.0. The molecule has 1 fully saturated rings. The van der Waals surface area contributed by atoms with Crippen LogP contribution in [0.25, 0.3) is 11.0 Å². The average Bonchev–Trinajstić information content (AvgIpc) is 2.68. The van der Waals surface area contributed by atoms with Gasteiger partial charge in [0, 0.05) is 5.54 Å². The van der Waals surface area contributed by atoms with E-state index >= 15 is 0 Å². The monoisotopic (exact) mass is 316 g/mol. The second-order valence-corrected chi connectivity index (χ2v) is 6.27. The van der Waals surface area contributed by atoms with Gasteiger partial charge < -0.3 is 4.57 Å². The average molecular weight is 318 g/mol. The fourth-order valence-corrected chi connectivity index (χ4v) is 3.56. The maximum Gasteiger partial charge on any atom is 0.125 e. The van der Waals surface area contributed by atoms with Gasteiger partial charge >= 0.3 is 0 Å². The molecule has 0 unspecified atom stereocenters. The molecule has 1 saturated carbocycles. The largest absolute Gasteiger partial charge is 0.321 e. The summed E-state index contributed by atoms with van der Waals surface area (Å²) in [5.41, 5.74) is 2.09. The third-order valence-corrected chi connectivity index (χ3v) is 5.26. The molecule has 3 rings (SSSR count). The first-order valence-corrected chi connectivity index (χ1v) is 7.83. The van der Waals surface area contributed by atoms with E-state index < -0.39 is 0 Å². The smallest absolute Gasteiger partial charge is 0.125 e. The maximum absolute atomic E-state index is 6.16. The molecule has 2 aromatic rings. The van der Waals surface area contributed by atoms with Crippen molar-refractivity contribution in [3.8, 4) is 0 Å². The van der Waals surface area contributed by atoms with E-state index in [0.717, 1.165) is 23.3 Å². The van der Waals surface area contributed by atoms with Gasteiger partial charge in [-0.25, -0.2) is 4.98 Å². The number of benzene rings is 1. The molecule has 1 aromatic carbocycles. The van der Waals surface area contributed by atoms with Gasteiger partial charge in [-0.2, -0.15) is 0 Å². The van der Waals surface area contributed by atoms with Crippen LogP contribution in [0.4, 0.5) is 0 Å². The fraction of sp³-hybridized carbons (Fsp3) is 0.500. The summed E-state index contributed by atoms with van der Waals surface area (Å²) in [6.45, 7) is 2.22. The van der Waals surface area contributed by atoms with Crippen molar-refractivity contribution in [3.63, 3.8) is 0 Å². The molecule has 0 N–H and O–H groups in total. The Hall–Kier alpha value is -0.440. The standard InChI is InChI=1S/C14H15Cl3N2/c1-2-14(4-3-5-14)19-12-7-10(17)9(16)6-11(12)18-13(19)8-15/h6-7H,2-5,8H2,1H3. The van der Waals surface area contributed by atoms with Crippen molar-refractivity contribution >= 4 is 45.8 Å². The molecule has 0 spiro atoms. The topological polar surface area (TPSA) is 17.8 Å². The number of hydrogen-bond acceptors (Lipinski definition) is 1. The highest BCUT2D eigenvalue weighted by atomic mass is 35.5. The van der Waals surface area contributed by atoms with Crippen LogP contribution < -0.4 is 0 Å². The van der Waals surface area contributed by atoms with E-state index in [2.05, 4.69) is 16.5 Å². The molecule has 0 bridgehead atoms. The van der Waals surface area contributed by atoms with Crippen LogP contribution in [0.2, 0.25) is 10.0 Å². The van der Waals surface area contributed by atoms with Gasteiger partial charge in [0.1, 0.15) is 5.82 Å². The summed E-state index contributed by atoms with van der Waals surface area (Å²) in [6.07, 6.45) is 4.71. The number of fused-ring (bicyclic) bond motifs is 1. The Morgan fingerprint density at radius 2 is 1.95 bits per heavy atom. The Balaban J connectivity index is 2.29. The molecule has 5 heteroatoms. The van der Waals surface area contributed by atoms with E-state index in [1.54, 1.807) is 0 Å². The predicted octanol–water partition coefficient (Wildman–Crippen LogP) is 5.37. The van der Waals surface area contributed by atoms with Crippen LogP contribution in [-0.4, -0.2) is 9.55 Å². The summed E-state index contributed by atoms with van der Waals surface area (Å²) in [7, 11) is 0. The lowest BCUT2D eigenvalue weighted by atomic mass is 9.74. The second kappa shape index (κ2) is 4.83. The van der Waals surface area contributed by atoms with Gasteiger partial charge in [-0.15, -0.1) is 11.6 Å². The molecule has 102 valence electrons. The molecule has 0 aliphatic heterocycles. The van der Waals surface area contributed by atoms with Crippen LogP contribution >= 0.6 is 34.8 Å². The van der Waals surface area contributed by atoms with Crippen molar-refractivity contribution in [2.75, 3.05) is 0 Å². The molecular formula is C14H15Cl3N2. The molecule has 1 aliphatic carbocycles. The van der Waals surface area contributed by atoms with Crippen LogP contribution in [0.3, 0.4) is 0 Å². The van der Waals surface area contributed by atoms with Crippen molar-refractivity contribution in [3.05, 3.63) is 28.0 Å². The normalized spacial score (nSPS) is 17.7. The number of hydrogen-bond donors (Lipinski definition) is 0. The minimum Gasteiger partial charge on any atom is -0.321 e. The van der Waals surface area contributed by atoms with E-state index in [0.29, 0.717) is 15.9 Å². The van der Waals surface area contributed by atoms with Gasteiger partial charge in [-0.05, 0) is 37.8 Å². The van der Waals surface area contributed by atoms with Gasteiger partial charge in [-0.1, -0.05) is 30.1 Å². The van der Waals surface area contributed by atoms with Crippen molar-refractivity contribution in [1.29, 1.82) is 0 Å². The van der Waals surface area contributed by atoms with Crippen molar-refractivity contribution in [2.24, 2.45) is 0 Å². The number of alkyl halides is 1. The van der Waals surface area contributed by atoms with E-state index in [1.165, 1.54) is 19.3 Å². The minimum atomic E-state index is 0.163. The summed E-state index contributed by atoms with van der Waals surface area (Å²) < 4.78 is 2.29. The lowest BCUT2D eigenvalue weighted by Gasteiger charge is -2.44. The van der Waals surface area contributed by atoms with Crippen LogP contribution in [0.15, 0.2) is 12.1 Å². The lowest BCUT2D eigenvalue weighted by Crippen LogP contribution is -2.40. The summed E-state index contributed by atoms with van der Waals surface area (Å²) >= 11 is 18.3. The predicted molar refractivity (Wildman–Crippen MR) is 81.4 cm³/mol. The quantitative estimate of drug-likeness (QED) is 0.696. The Morgan fingerprint density at radius 1 is 1.26 bits per heavy atom. The van der Waals surface area contributed by atoms with E-state index in [1.807, 2.05) is 12.1 Å². The third kappa shape index (κ3) is 1.96. The Bertz CT molecular complexity index is 624. The molecule has 2 nitrogen and oxygen atoms in total. The number of nitrogens with zero attached hydrogens (tertiary/aromatic N) is 2. The first-order valence-electron chi connectivity index (χ1n) is 6.54. The highest BCUT2D eigenvalue weighted by molar-refractivity contribution is 6.42. The van der Waals surface area contributed by atoms with Gasteiger partial charge in [-0.3, -0.25) is 0 Å². The molecule has 1 heterocycles. The van der Waals surface area contributed by atoms with E-state index in [9.17, 15) is 0 Å². The van der Waals surface area contributed by atoms with Crippen LogP contribution in [0.5, 0.6) is 0 Å². The SMILES string of the molecule is CCC1(n2c(CCl)nc3cc(Cl)c(Cl)cc32)CCC1.